The van der Waals surface area contributed by atoms with Gasteiger partial charge in [-0.2, -0.15) is 0 Å². The number of ether oxygens (including phenoxy) is 1. The first kappa shape index (κ1) is 31.6. The number of carboxylic acid groups (broad SMARTS) is 1. The van der Waals surface area contributed by atoms with Crippen LogP contribution in [0.25, 0.3) is 10.9 Å². The van der Waals surface area contributed by atoms with Gasteiger partial charge in [0.2, 0.25) is 0 Å². The molecular weight excluding hydrogens is 553 g/mol. The zero-order valence-electron chi connectivity index (χ0n) is 23.7. The second-order valence-electron chi connectivity index (χ2n) is 11.6. The van der Waals surface area contributed by atoms with Crippen molar-refractivity contribution in [2.45, 2.75) is 72.1 Å². The van der Waals surface area contributed by atoms with Gasteiger partial charge in [-0.15, -0.1) is 0 Å². The van der Waals surface area contributed by atoms with Crippen molar-refractivity contribution in [1.29, 1.82) is 0 Å². The van der Waals surface area contributed by atoms with E-state index in [4.69, 9.17) is 16.3 Å². The molecule has 0 spiro atoms. The largest absolute Gasteiger partial charge is 0.506 e. The van der Waals surface area contributed by atoms with Crippen molar-refractivity contribution < 1.29 is 33.7 Å². The summed E-state index contributed by atoms with van der Waals surface area (Å²) in [5.41, 5.74) is -0.478. The normalized spacial score (nSPS) is 12.6. The van der Waals surface area contributed by atoms with E-state index in [1.54, 1.807) is 65.0 Å². The van der Waals surface area contributed by atoms with Gasteiger partial charge in [0.15, 0.2) is 0 Å². The first-order valence-electron chi connectivity index (χ1n) is 13.1. The van der Waals surface area contributed by atoms with Crippen LogP contribution in [0.15, 0.2) is 42.6 Å². The van der Waals surface area contributed by atoms with E-state index in [9.17, 15) is 29.0 Å². The maximum Gasteiger partial charge on any atom is 0.408 e. The van der Waals surface area contributed by atoms with Crippen LogP contribution >= 0.6 is 11.6 Å². The summed E-state index contributed by atoms with van der Waals surface area (Å²) in [6.45, 7) is 8.67. The molecule has 1 atom stereocenters. The van der Waals surface area contributed by atoms with Crippen LogP contribution in [0.3, 0.4) is 0 Å². The zero-order valence-corrected chi connectivity index (χ0v) is 24.4. The molecule has 3 rings (SSSR count). The number of pyridine rings is 1. The van der Waals surface area contributed by atoms with Gasteiger partial charge in [-0.3, -0.25) is 9.78 Å². The zero-order chi connectivity index (χ0) is 30.5. The van der Waals surface area contributed by atoms with Gasteiger partial charge in [0.1, 0.15) is 34.3 Å². The maximum atomic E-state index is 14.9. The minimum absolute atomic E-state index is 0.0756. The van der Waals surface area contributed by atoms with Crippen LogP contribution in [-0.4, -0.2) is 44.8 Å². The molecule has 0 aliphatic carbocycles. The molecule has 1 unspecified atom stereocenters. The van der Waals surface area contributed by atoms with Gasteiger partial charge in [0.25, 0.3) is 5.91 Å². The van der Waals surface area contributed by atoms with Gasteiger partial charge in [0, 0.05) is 23.2 Å². The lowest BCUT2D eigenvalue weighted by Gasteiger charge is -2.32. The Morgan fingerprint density at radius 1 is 1.07 bits per heavy atom. The molecule has 2 amide bonds. The third kappa shape index (κ3) is 8.53. The molecule has 1 heterocycles. The van der Waals surface area contributed by atoms with E-state index >= 15 is 0 Å². The molecule has 1 aromatic heterocycles. The molecule has 0 saturated heterocycles. The number of benzene rings is 2. The van der Waals surface area contributed by atoms with Crippen LogP contribution in [0.1, 0.15) is 68.9 Å². The summed E-state index contributed by atoms with van der Waals surface area (Å²) in [5, 5.41) is 26.4. The number of rotatable bonds is 10. The maximum absolute atomic E-state index is 14.9. The molecule has 3 aromatic rings. The lowest BCUT2D eigenvalue weighted by atomic mass is 9.79. The van der Waals surface area contributed by atoms with Gasteiger partial charge >= 0.3 is 12.1 Å². The van der Waals surface area contributed by atoms with E-state index in [1.807, 2.05) is 0 Å². The predicted octanol–water partition coefficient (Wildman–Crippen LogP) is 5.99. The summed E-state index contributed by atoms with van der Waals surface area (Å²) >= 11 is 5.89. The topological polar surface area (TPSA) is 138 Å². The average molecular weight is 588 g/mol. The van der Waals surface area contributed by atoms with Crippen molar-refractivity contribution >= 4 is 40.5 Å². The molecule has 2 aromatic carbocycles. The summed E-state index contributed by atoms with van der Waals surface area (Å²) in [6, 6.07) is 8.57. The number of aromatic nitrogens is 1. The smallest absolute Gasteiger partial charge is 0.408 e. The highest BCUT2D eigenvalue weighted by atomic mass is 35.5. The number of fused-ring (bicyclic) bond motifs is 1. The Labute approximate surface area is 243 Å². The van der Waals surface area contributed by atoms with E-state index in [-0.39, 0.29) is 23.0 Å². The predicted molar refractivity (Wildman–Crippen MR) is 154 cm³/mol. The van der Waals surface area contributed by atoms with Crippen LogP contribution in [0.2, 0.25) is 5.02 Å². The van der Waals surface area contributed by atoms with E-state index in [1.165, 1.54) is 6.07 Å². The van der Waals surface area contributed by atoms with Crippen molar-refractivity contribution in [2.24, 2.45) is 5.41 Å². The number of hydrogen-bond donors (Lipinski definition) is 4. The molecule has 220 valence electrons. The highest BCUT2D eigenvalue weighted by molar-refractivity contribution is 6.30. The van der Waals surface area contributed by atoms with Gasteiger partial charge in [0.05, 0.1) is 0 Å². The lowest BCUT2D eigenvalue weighted by molar-refractivity contribution is -0.142. The van der Waals surface area contributed by atoms with E-state index in [2.05, 4.69) is 15.6 Å². The SMILES string of the molecule is CC(C)(C)OC(=O)NC(C(=O)O)C(C)(C)CCCc1cc(F)c2ncc(C(=O)NCc3ccc(Cl)cc3)c(O)c2c1. The number of aryl methyl sites for hydroxylation is 1. The summed E-state index contributed by atoms with van der Waals surface area (Å²) in [5.74, 6) is -2.82. The number of carbonyl (C=O) groups is 3. The summed E-state index contributed by atoms with van der Waals surface area (Å²) in [4.78, 5) is 41.0. The Hall–Kier alpha value is -3.92. The molecule has 4 N–H and O–H groups in total. The molecule has 0 fully saturated rings. The standard InChI is InChI=1S/C30H35ClFN3O6/c1-29(2,3)41-28(40)35-25(27(38)39)30(4,5)12-6-7-18-13-20-23(22(32)14-18)33-16-21(24(20)36)26(37)34-15-17-8-10-19(31)11-9-17/h8-11,13-14,16,25H,6-7,12,15H2,1-5H3,(H,33,36)(H,34,37)(H,35,40)(H,38,39). The van der Waals surface area contributed by atoms with Gasteiger partial charge in [-0.05, 0) is 80.8 Å². The minimum atomic E-state index is -1.21. The first-order chi connectivity index (χ1) is 19.1. The van der Waals surface area contributed by atoms with Crippen LogP contribution in [0.4, 0.5) is 9.18 Å². The number of aromatic hydroxyl groups is 1. The average Bonchev–Trinajstić information content (AvgIpc) is 2.86. The van der Waals surface area contributed by atoms with Crippen molar-refractivity contribution in [2.75, 3.05) is 0 Å². The highest BCUT2D eigenvalue weighted by Gasteiger charge is 2.37. The number of amides is 2. The van der Waals surface area contributed by atoms with Crippen molar-refractivity contribution in [3.63, 3.8) is 0 Å². The number of hydrogen-bond acceptors (Lipinski definition) is 6. The first-order valence-corrected chi connectivity index (χ1v) is 13.5. The Kier molecular flexibility index (Phi) is 9.81. The summed E-state index contributed by atoms with van der Waals surface area (Å²) in [6.07, 6.45) is 1.47. The number of nitrogens with one attached hydrogen (secondary N) is 2. The minimum Gasteiger partial charge on any atom is -0.506 e. The molecule has 0 aliphatic heterocycles. The molecule has 0 saturated carbocycles. The van der Waals surface area contributed by atoms with Crippen LogP contribution in [0, 0.1) is 11.2 Å². The van der Waals surface area contributed by atoms with E-state index < -0.39 is 46.6 Å². The molecule has 9 nitrogen and oxygen atoms in total. The van der Waals surface area contributed by atoms with E-state index in [0.717, 1.165) is 11.8 Å². The fraction of sp³-hybridized carbons (Fsp3) is 0.400. The Bertz CT molecular complexity index is 1440. The molecule has 0 bridgehead atoms. The number of aliphatic carboxylic acids is 1. The number of carbonyl (C=O) groups excluding carboxylic acids is 2. The molecule has 11 heteroatoms. The van der Waals surface area contributed by atoms with Gasteiger partial charge in [-0.1, -0.05) is 37.6 Å². The second kappa shape index (κ2) is 12.7. The second-order valence-corrected chi connectivity index (χ2v) is 12.0. The van der Waals surface area contributed by atoms with Gasteiger partial charge < -0.3 is 25.6 Å². The summed E-state index contributed by atoms with van der Waals surface area (Å²) < 4.78 is 20.1. The van der Waals surface area contributed by atoms with Crippen molar-refractivity contribution in [3.8, 4) is 5.75 Å². The number of halogens is 2. The molecular formula is C30H35ClFN3O6. The quantitative estimate of drug-likeness (QED) is 0.228. The molecule has 41 heavy (non-hydrogen) atoms. The van der Waals surface area contributed by atoms with Crippen molar-refractivity contribution in [3.05, 3.63) is 70.1 Å². The Morgan fingerprint density at radius 2 is 1.73 bits per heavy atom. The lowest BCUT2D eigenvalue weighted by Crippen LogP contribution is -2.51. The fourth-order valence-electron chi connectivity index (χ4n) is 4.40. The highest BCUT2D eigenvalue weighted by Crippen LogP contribution is 2.32. The molecule has 0 aliphatic rings. The van der Waals surface area contributed by atoms with Crippen LogP contribution < -0.4 is 10.6 Å². The third-order valence-corrected chi connectivity index (χ3v) is 6.80. The van der Waals surface area contributed by atoms with Crippen LogP contribution in [0.5, 0.6) is 5.75 Å². The number of carboxylic acids is 1. The molecule has 0 radical (unpaired) electrons. The van der Waals surface area contributed by atoms with Gasteiger partial charge in [-0.25, -0.2) is 14.0 Å². The fourth-order valence-corrected chi connectivity index (χ4v) is 4.53. The van der Waals surface area contributed by atoms with Crippen molar-refractivity contribution in [1.82, 2.24) is 15.6 Å². The number of alkyl carbamates (subject to hydrolysis) is 1. The van der Waals surface area contributed by atoms with Crippen LogP contribution in [-0.2, 0) is 22.5 Å². The monoisotopic (exact) mass is 587 g/mol. The Balaban J connectivity index is 1.72. The van der Waals surface area contributed by atoms with E-state index in [0.29, 0.717) is 29.8 Å². The summed E-state index contributed by atoms with van der Waals surface area (Å²) in [7, 11) is 0. The number of nitrogens with zero attached hydrogens (tertiary/aromatic N) is 1. The Morgan fingerprint density at radius 3 is 2.34 bits per heavy atom. The third-order valence-electron chi connectivity index (χ3n) is 6.54.